The minimum atomic E-state index is -4.30. The molecule has 2 fully saturated rings. The summed E-state index contributed by atoms with van der Waals surface area (Å²) in [6.07, 6.45) is -1.98. The number of alkyl halides is 3. The zero-order valence-corrected chi connectivity index (χ0v) is 11.7. The van der Waals surface area contributed by atoms with E-state index < -0.39 is 11.7 Å². The summed E-state index contributed by atoms with van der Waals surface area (Å²) < 4.78 is 44.1. The van der Waals surface area contributed by atoms with Gasteiger partial charge in [0, 0.05) is 31.4 Å². The van der Waals surface area contributed by atoms with Crippen molar-refractivity contribution in [1.82, 2.24) is 5.32 Å². The Bertz CT molecular complexity index is 494. The van der Waals surface area contributed by atoms with Crippen LogP contribution in [0.3, 0.4) is 0 Å². The Kier molecular flexibility index (Phi) is 4.08. The third-order valence-electron chi connectivity index (χ3n) is 3.92. The zero-order chi connectivity index (χ0) is 14.9. The highest BCUT2D eigenvalue weighted by molar-refractivity contribution is 5.56. The summed E-state index contributed by atoms with van der Waals surface area (Å²) in [4.78, 5) is 1.99. The molecule has 0 atom stereocenters. The summed E-state index contributed by atoms with van der Waals surface area (Å²) in [6, 6.07) is 4.58. The van der Waals surface area contributed by atoms with Gasteiger partial charge >= 0.3 is 6.18 Å². The maximum absolute atomic E-state index is 12.9. The maximum Gasteiger partial charge on any atom is 0.416 e. The molecule has 1 N–H and O–H groups in total. The number of ether oxygens (including phenoxy) is 1. The molecule has 0 bridgehead atoms. The van der Waals surface area contributed by atoms with Gasteiger partial charge in [0.05, 0.1) is 18.8 Å². The number of halogens is 3. The zero-order valence-electron chi connectivity index (χ0n) is 11.7. The van der Waals surface area contributed by atoms with Crippen LogP contribution in [0.1, 0.15) is 24.0 Å². The van der Waals surface area contributed by atoms with E-state index >= 15 is 0 Å². The molecule has 2 aliphatic rings. The average Bonchev–Trinajstić information content (AvgIpc) is 3.29. The van der Waals surface area contributed by atoms with E-state index in [-0.39, 0.29) is 0 Å². The number of hydrogen-bond acceptors (Lipinski definition) is 3. The molecule has 1 aromatic carbocycles. The second-order valence-electron chi connectivity index (χ2n) is 5.60. The molecular formula is C15H19F3N2O. The molecule has 0 radical (unpaired) electrons. The first-order valence-corrected chi connectivity index (χ1v) is 7.30. The van der Waals surface area contributed by atoms with Crippen LogP contribution >= 0.6 is 0 Å². The number of rotatable bonds is 4. The van der Waals surface area contributed by atoms with Crippen LogP contribution in [-0.4, -0.2) is 32.3 Å². The molecule has 1 saturated heterocycles. The highest BCUT2D eigenvalue weighted by Crippen LogP contribution is 2.34. The molecule has 3 rings (SSSR count). The molecule has 1 aliphatic heterocycles. The topological polar surface area (TPSA) is 24.5 Å². The van der Waals surface area contributed by atoms with Crippen molar-refractivity contribution in [1.29, 1.82) is 0 Å². The fourth-order valence-corrected chi connectivity index (χ4v) is 2.53. The Morgan fingerprint density at radius 2 is 1.90 bits per heavy atom. The predicted molar refractivity (Wildman–Crippen MR) is 74.3 cm³/mol. The van der Waals surface area contributed by atoms with Crippen molar-refractivity contribution in [2.24, 2.45) is 0 Å². The van der Waals surface area contributed by atoms with Crippen molar-refractivity contribution in [3.63, 3.8) is 0 Å². The second kappa shape index (κ2) is 5.85. The lowest BCUT2D eigenvalue weighted by Crippen LogP contribution is -2.37. The van der Waals surface area contributed by atoms with Crippen LogP contribution in [0.5, 0.6) is 0 Å². The molecule has 1 heterocycles. The monoisotopic (exact) mass is 300 g/mol. The number of morpholine rings is 1. The molecule has 1 aromatic rings. The Labute approximate surface area is 122 Å². The fourth-order valence-electron chi connectivity index (χ4n) is 2.53. The van der Waals surface area contributed by atoms with Crippen LogP contribution in [0.4, 0.5) is 18.9 Å². The van der Waals surface area contributed by atoms with Crippen LogP contribution in [-0.2, 0) is 17.5 Å². The number of benzene rings is 1. The maximum atomic E-state index is 12.9. The molecule has 3 nitrogen and oxygen atoms in total. The van der Waals surface area contributed by atoms with E-state index in [1.165, 1.54) is 12.1 Å². The largest absolute Gasteiger partial charge is 0.416 e. The quantitative estimate of drug-likeness (QED) is 0.925. The van der Waals surface area contributed by atoms with Crippen LogP contribution < -0.4 is 10.2 Å². The molecular weight excluding hydrogens is 281 g/mol. The minimum absolute atomic E-state index is 0.532. The van der Waals surface area contributed by atoms with Gasteiger partial charge in [-0.05, 0) is 30.5 Å². The van der Waals surface area contributed by atoms with Gasteiger partial charge in [0.25, 0.3) is 0 Å². The van der Waals surface area contributed by atoms with Gasteiger partial charge in [-0.1, -0.05) is 6.07 Å². The van der Waals surface area contributed by atoms with Gasteiger partial charge in [-0.3, -0.25) is 0 Å². The number of hydrogen-bond donors (Lipinski definition) is 1. The average molecular weight is 300 g/mol. The molecule has 116 valence electrons. The number of nitrogens with one attached hydrogen (secondary N) is 1. The van der Waals surface area contributed by atoms with Gasteiger partial charge in [-0.25, -0.2) is 0 Å². The first kappa shape index (κ1) is 14.7. The first-order valence-electron chi connectivity index (χ1n) is 7.30. The standard InChI is InChI=1S/C15H19F3N2O/c16-15(17,18)12-2-1-11(10-19-13-3-4-13)14(9-12)20-5-7-21-8-6-20/h1-2,9,13,19H,3-8,10H2. The molecule has 0 amide bonds. The Morgan fingerprint density at radius 1 is 1.19 bits per heavy atom. The third kappa shape index (κ3) is 3.68. The normalized spacial score (nSPS) is 19.9. The summed E-state index contributed by atoms with van der Waals surface area (Å²) in [6.45, 7) is 3.02. The van der Waals surface area contributed by atoms with Crippen LogP contribution in [0.2, 0.25) is 0 Å². The van der Waals surface area contributed by atoms with Crippen molar-refractivity contribution in [2.45, 2.75) is 31.6 Å². The van der Waals surface area contributed by atoms with Crippen molar-refractivity contribution >= 4 is 5.69 Å². The van der Waals surface area contributed by atoms with E-state index in [0.29, 0.717) is 44.6 Å². The Hall–Kier alpha value is -1.27. The van der Waals surface area contributed by atoms with Crippen molar-refractivity contribution in [3.8, 4) is 0 Å². The van der Waals surface area contributed by atoms with Crippen molar-refractivity contribution < 1.29 is 17.9 Å². The van der Waals surface area contributed by atoms with Gasteiger partial charge in [-0.2, -0.15) is 13.2 Å². The van der Waals surface area contributed by atoms with Crippen molar-refractivity contribution in [3.05, 3.63) is 29.3 Å². The van der Waals surface area contributed by atoms with E-state index in [9.17, 15) is 13.2 Å². The van der Waals surface area contributed by atoms with E-state index in [1.807, 2.05) is 4.90 Å². The molecule has 21 heavy (non-hydrogen) atoms. The highest BCUT2D eigenvalue weighted by atomic mass is 19.4. The fraction of sp³-hybridized carbons (Fsp3) is 0.600. The Morgan fingerprint density at radius 3 is 2.52 bits per heavy atom. The van der Waals surface area contributed by atoms with Crippen LogP contribution in [0.15, 0.2) is 18.2 Å². The van der Waals surface area contributed by atoms with E-state index in [0.717, 1.165) is 18.4 Å². The van der Waals surface area contributed by atoms with Crippen LogP contribution in [0.25, 0.3) is 0 Å². The highest BCUT2D eigenvalue weighted by Gasteiger charge is 2.32. The van der Waals surface area contributed by atoms with Crippen LogP contribution in [0, 0.1) is 0 Å². The van der Waals surface area contributed by atoms with Gasteiger partial charge in [0.15, 0.2) is 0 Å². The molecule has 1 aliphatic carbocycles. The number of nitrogens with zero attached hydrogens (tertiary/aromatic N) is 1. The molecule has 0 aromatic heterocycles. The summed E-state index contributed by atoms with van der Waals surface area (Å²) in [5.74, 6) is 0. The number of anilines is 1. The minimum Gasteiger partial charge on any atom is -0.378 e. The summed E-state index contributed by atoms with van der Waals surface area (Å²) in [7, 11) is 0. The predicted octanol–water partition coefficient (Wildman–Crippen LogP) is 2.79. The van der Waals surface area contributed by atoms with Gasteiger partial charge in [0.1, 0.15) is 0 Å². The van der Waals surface area contributed by atoms with E-state index in [2.05, 4.69) is 5.32 Å². The third-order valence-corrected chi connectivity index (χ3v) is 3.92. The van der Waals surface area contributed by atoms with Gasteiger partial charge < -0.3 is 15.0 Å². The first-order chi connectivity index (χ1) is 10.0. The van der Waals surface area contributed by atoms with Crippen molar-refractivity contribution in [2.75, 3.05) is 31.2 Å². The summed E-state index contributed by atoms with van der Waals surface area (Å²) >= 11 is 0. The van der Waals surface area contributed by atoms with Gasteiger partial charge in [0.2, 0.25) is 0 Å². The van der Waals surface area contributed by atoms with E-state index in [4.69, 9.17) is 4.74 Å². The second-order valence-corrected chi connectivity index (χ2v) is 5.60. The molecule has 0 unspecified atom stereocenters. The smallest absolute Gasteiger partial charge is 0.378 e. The van der Waals surface area contributed by atoms with E-state index in [1.54, 1.807) is 6.07 Å². The van der Waals surface area contributed by atoms with Gasteiger partial charge in [-0.15, -0.1) is 0 Å². The summed E-state index contributed by atoms with van der Waals surface area (Å²) in [5.41, 5.74) is 1.03. The molecule has 6 heteroatoms. The summed E-state index contributed by atoms with van der Waals surface area (Å²) in [5, 5.41) is 3.37. The molecule has 1 saturated carbocycles. The Balaban J connectivity index is 1.85. The lowest BCUT2D eigenvalue weighted by molar-refractivity contribution is -0.137. The SMILES string of the molecule is FC(F)(F)c1ccc(CNC2CC2)c(N2CCOCC2)c1. The molecule has 0 spiro atoms. The lowest BCUT2D eigenvalue weighted by atomic mass is 10.1. The lowest BCUT2D eigenvalue weighted by Gasteiger charge is -2.31.